The van der Waals surface area contributed by atoms with Crippen molar-refractivity contribution in [1.29, 1.82) is 0 Å². The van der Waals surface area contributed by atoms with Crippen LogP contribution < -0.4 is 5.32 Å². The fourth-order valence-electron chi connectivity index (χ4n) is 1.93. The molecule has 0 bridgehead atoms. The maximum Gasteiger partial charge on any atom is 0.137 e. The van der Waals surface area contributed by atoms with Crippen LogP contribution in [0.25, 0.3) is 0 Å². The molecule has 1 N–H and O–H groups in total. The molecule has 1 fully saturated rings. The number of hydrogen-bond acceptors (Lipinski definition) is 4. The van der Waals surface area contributed by atoms with Crippen LogP contribution in [-0.2, 0) is 11.2 Å². The van der Waals surface area contributed by atoms with Crippen molar-refractivity contribution in [3.05, 3.63) is 17.0 Å². The highest BCUT2D eigenvalue weighted by molar-refractivity contribution is 6.30. The molecule has 106 valence electrons. The predicted octanol–water partition coefficient (Wildman–Crippen LogP) is 3.31. The maximum atomic E-state index is 6.10. The average molecular weight is 284 g/mol. The van der Waals surface area contributed by atoms with E-state index in [-0.39, 0.29) is 0 Å². The Bertz CT molecular complexity index is 396. The zero-order chi connectivity index (χ0) is 13.5. The highest BCUT2D eigenvalue weighted by atomic mass is 35.5. The van der Waals surface area contributed by atoms with E-state index in [4.69, 9.17) is 16.3 Å². The first-order valence-electron chi connectivity index (χ1n) is 7.12. The van der Waals surface area contributed by atoms with Crippen molar-refractivity contribution in [3.63, 3.8) is 0 Å². The Morgan fingerprint density at radius 2 is 2.26 bits per heavy atom. The molecular weight excluding hydrogens is 262 g/mol. The number of ether oxygens (including phenoxy) is 1. The van der Waals surface area contributed by atoms with E-state index in [2.05, 4.69) is 22.2 Å². The molecule has 4 nitrogen and oxygen atoms in total. The third-order valence-electron chi connectivity index (χ3n) is 3.20. The molecule has 5 heteroatoms. The van der Waals surface area contributed by atoms with E-state index in [1.165, 1.54) is 19.2 Å². The summed E-state index contributed by atoms with van der Waals surface area (Å²) in [5.74, 6) is 1.70. The summed E-state index contributed by atoms with van der Waals surface area (Å²) in [4.78, 5) is 8.30. The summed E-state index contributed by atoms with van der Waals surface area (Å²) in [5.41, 5.74) is 1.02. The van der Waals surface area contributed by atoms with E-state index in [9.17, 15) is 0 Å². The highest BCUT2D eigenvalue weighted by Crippen LogP contribution is 2.28. The molecule has 1 aromatic rings. The SMILES string of the molecule is CCCc1c(Cl)ncnc1NCCCOCC1CC1. The zero-order valence-corrected chi connectivity index (χ0v) is 12.2. The second-order valence-corrected chi connectivity index (χ2v) is 5.40. The molecule has 1 saturated carbocycles. The van der Waals surface area contributed by atoms with Crippen LogP contribution in [-0.4, -0.2) is 29.7 Å². The molecule has 0 radical (unpaired) electrons. The summed E-state index contributed by atoms with van der Waals surface area (Å²) in [6.07, 6.45) is 7.12. The molecule has 0 atom stereocenters. The Labute approximate surface area is 119 Å². The smallest absolute Gasteiger partial charge is 0.137 e. The summed E-state index contributed by atoms with van der Waals surface area (Å²) in [6.45, 7) is 4.72. The molecule has 0 unspecified atom stereocenters. The molecule has 1 heterocycles. The van der Waals surface area contributed by atoms with Gasteiger partial charge in [0, 0.05) is 25.3 Å². The lowest BCUT2D eigenvalue weighted by Crippen LogP contribution is -2.10. The molecule has 0 saturated heterocycles. The summed E-state index contributed by atoms with van der Waals surface area (Å²) in [7, 11) is 0. The topological polar surface area (TPSA) is 47.0 Å². The molecule has 19 heavy (non-hydrogen) atoms. The van der Waals surface area contributed by atoms with E-state index in [0.29, 0.717) is 5.15 Å². The second kappa shape index (κ2) is 7.65. The minimum absolute atomic E-state index is 0.560. The van der Waals surface area contributed by atoms with E-state index in [1.54, 1.807) is 0 Å². The maximum absolute atomic E-state index is 6.10. The lowest BCUT2D eigenvalue weighted by molar-refractivity contribution is 0.124. The van der Waals surface area contributed by atoms with Crippen molar-refractivity contribution in [3.8, 4) is 0 Å². The largest absolute Gasteiger partial charge is 0.381 e. The van der Waals surface area contributed by atoms with Gasteiger partial charge in [-0.15, -0.1) is 0 Å². The summed E-state index contributed by atoms with van der Waals surface area (Å²) >= 11 is 6.10. The Kier molecular flexibility index (Phi) is 5.86. The number of rotatable bonds is 9. The van der Waals surface area contributed by atoms with Crippen LogP contribution in [0.4, 0.5) is 5.82 Å². The molecular formula is C14H22ClN3O. The van der Waals surface area contributed by atoms with E-state index in [0.717, 1.165) is 56.3 Å². The lowest BCUT2D eigenvalue weighted by Gasteiger charge is -2.11. The number of halogens is 1. The van der Waals surface area contributed by atoms with E-state index < -0.39 is 0 Å². The van der Waals surface area contributed by atoms with Crippen molar-refractivity contribution < 1.29 is 4.74 Å². The third kappa shape index (κ3) is 4.96. The normalized spacial score (nSPS) is 14.6. The number of nitrogens with zero attached hydrogens (tertiary/aromatic N) is 2. The highest BCUT2D eigenvalue weighted by Gasteiger charge is 2.20. The average Bonchev–Trinajstić information content (AvgIpc) is 3.21. The lowest BCUT2D eigenvalue weighted by atomic mass is 10.2. The quantitative estimate of drug-likeness (QED) is 0.558. The van der Waals surface area contributed by atoms with Gasteiger partial charge < -0.3 is 10.1 Å². The first-order chi connectivity index (χ1) is 9.31. The van der Waals surface area contributed by atoms with Gasteiger partial charge in [0.2, 0.25) is 0 Å². The van der Waals surface area contributed by atoms with Gasteiger partial charge >= 0.3 is 0 Å². The van der Waals surface area contributed by atoms with Crippen LogP contribution in [0.5, 0.6) is 0 Å². The molecule has 1 aliphatic rings. The van der Waals surface area contributed by atoms with Crippen molar-refractivity contribution >= 4 is 17.4 Å². The van der Waals surface area contributed by atoms with Gasteiger partial charge in [0.25, 0.3) is 0 Å². The standard InChI is InChI=1S/C14H22ClN3O/c1-2-4-12-13(15)17-10-18-14(12)16-7-3-8-19-9-11-5-6-11/h10-11H,2-9H2,1H3,(H,16,17,18). The van der Waals surface area contributed by atoms with Crippen LogP contribution in [0.3, 0.4) is 0 Å². The van der Waals surface area contributed by atoms with Crippen LogP contribution in [0.15, 0.2) is 6.33 Å². The van der Waals surface area contributed by atoms with Gasteiger partial charge in [0.1, 0.15) is 17.3 Å². The van der Waals surface area contributed by atoms with Gasteiger partial charge in [0.15, 0.2) is 0 Å². The summed E-state index contributed by atoms with van der Waals surface area (Å²) < 4.78 is 5.60. The number of hydrogen-bond donors (Lipinski definition) is 1. The van der Waals surface area contributed by atoms with Gasteiger partial charge in [-0.2, -0.15) is 0 Å². The number of anilines is 1. The third-order valence-corrected chi connectivity index (χ3v) is 3.53. The van der Waals surface area contributed by atoms with Crippen molar-refractivity contribution in [2.45, 2.75) is 39.0 Å². The fraction of sp³-hybridized carbons (Fsp3) is 0.714. The van der Waals surface area contributed by atoms with Crippen LogP contribution in [0.1, 0.15) is 38.2 Å². The molecule has 2 rings (SSSR count). The Morgan fingerprint density at radius 3 is 3.00 bits per heavy atom. The van der Waals surface area contributed by atoms with Crippen molar-refractivity contribution in [1.82, 2.24) is 9.97 Å². The fourth-order valence-corrected chi connectivity index (χ4v) is 2.16. The van der Waals surface area contributed by atoms with Crippen molar-refractivity contribution in [2.75, 3.05) is 25.1 Å². The monoisotopic (exact) mass is 283 g/mol. The van der Waals surface area contributed by atoms with Crippen LogP contribution in [0.2, 0.25) is 5.15 Å². The van der Waals surface area contributed by atoms with E-state index in [1.807, 2.05) is 0 Å². The first kappa shape index (κ1) is 14.5. The zero-order valence-electron chi connectivity index (χ0n) is 11.5. The Balaban J connectivity index is 1.70. The van der Waals surface area contributed by atoms with Gasteiger partial charge in [-0.3, -0.25) is 0 Å². The van der Waals surface area contributed by atoms with Crippen molar-refractivity contribution in [2.24, 2.45) is 5.92 Å². The molecule has 0 aliphatic heterocycles. The Hall–Kier alpha value is -0.870. The summed E-state index contributed by atoms with van der Waals surface area (Å²) in [5, 5.41) is 3.89. The number of nitrogens with one attached hydrogen (secondary N) is 1. The van der Waals surface area contributed by atoms with Crippen LogP contribution >= 0.6 is 11.6 Å². The summed E-state index contributed by atoms with van der Waals surface area (Å²) in [6, 6.07) is 0. The minimum Gasteiger partial charge on any atom is -0.381 e. The van der Waals surface area contributed by atoms with E-state index >= 15 is 0 Å². The second-order valence-electron chi connectivity index (χ2n) is 5.04. The molecule has 0 aromatic carbocycles. The van der Waals surface area contributed by atoms with Gasteiger partial charge in [0.05, 0.1) is 0 Å². The molecule has 0 spiro atoms. The predicted molar refractivity (Wildman–Crippen MR) is 77.7 cm³/mol. The molecule has 1 aliphatic carbocycles. The first-order valence-corrected chi connectivity index (χ1v) is 7.50. The number of aromatic nitrogens is 2. The molecule has 0 amide bonds. The van der Waals surface area contributed by atoms with Gasteiger partial charge in [-0.05, 0) is 31.6 Å². The van der Waals surface area contributed by atoms with Gasteiger partial charge in [-0.1, -0.05) is 24.9 Å². The van der Waals surface area contributed by atoms with Gasteiger partial charge in [-0.25, -0.2) is 9.97 Å². The molecule has 1 aromatic heterocycles. The van der Waals surface area contributed by atoms with Crippen LogP contribution in [0, 0.1) is 5.92 Å². The minimum atomic E-state index is 0.560. The Morgan fingerprint density at radius 1 is 1.42 bits per heavy atom.